The first kappa shape index (κ1) is 15.0. The monoisotopic (exact) mass is 305 g/mol. The molecule has 3 N–H and O–H groups in total. The molecule has 0 bridgehead atoms. The molecule has 2 heterocycles. The second-order valence-electron chi connectivity index (χ2n) is 4.56. The smallest absolute Gasteiger partial charge is 0.338 e. The van der Waals surface area contributed by atoms with Gasteiger partial charge < -0.3 is 10.4 Å². The number of carboxylic acid groups (broad SMARTS) is 1. The Kier molecular flexibility index (Phi) is 4.23. The van der Waals surface area contributed by atoms with Crippen LogP contribution in [0.1, 0.15) is 26.4 Å². The van der Waals surface area contributed by atoms with Gasteiger partial charge in [0.15, 0.2) is 0 Å². The van der Waals surface area contributed by atoms with Crippen LogP contribution in [0.25, 0.3) is 0 Å². The van der Waals surface area contributed by atoms with Gasteiger partial charge in [0, 0.05) is 11.1 Å². The van der Waals surface area contributed by atoms with Crippen molar-refractivity contribution in [2.24, 2.45) is 0 Å². The second kappa shape index (κ2) is 5.92. The van der Waals surface area contributed by atoms with Crippen molar-refractivity contribution >= 4 is 34.0 Å². The van der Waals surface area contributed by atoms with Crippen molar-refractivity contribution < 1.29 is 14.7 Å². The third-order valence-corrected chi connectivity index (χ3v) is 4.24. The van der Waals surface area contributed by atoms with Crippen molar-refractivity contribution in [1.29, 1.82) is 0 Å². The molecule has 0 fully saturated rings. The Morgan fingerprint density at radius 2 is 1.95 bits per heavy atom. The van der Waals surface area contributed by atoms with E-state index in [0.717, 1.165) is 10.4 Å². The Morgan fingerprint density at radius 3 is 2.57 bits per heavy atom. The van der Waals surface area contributed by atoms with Crippen molar-refractivity contribution in [3.05, 3.63) is 40.0 Å². The summed E-state index contributed by atoms with van der Waals surface area (Å²) in [4.78, 5) is 28.1. The fourth-order valence-electron chi connectivity index (χ4n) is 1.82. The summed E-state index contributed by atoms with van der Waals surface area (Å²) in [6.45, 7) is 5.39. The van der Waals surface area contributed by atoms with Gasteiger partial charge in [0.05, 0.1) is 17.4 Å². The van der Waals surface area contributed by atoms with Gasteiger partial charge in [-0.15, -0.1) is 11.3 Å². The lowest BCUT2D eigenvalue weighted by atomic mass is 10.1. The summed E-state index contributed by atoms with van der Waals surface area (Å²) >= 11 is 1.24. The third kappa shape index (κ3) is 3.19. The van der Waals surface area contributed by atoms with E-state index >= 15 is 0 Å². The Bertz CT molecular complexity index is 709. The molecule has 0 saturated heterocycles. The predicted octanol–water partition coefficient (Wildman–Crippen LogP) is 3.41. The second-order valence-corrected chi connectivity index (χ2v) is 5.79. The molecular weight excluding hydrogens is 290 g/mol. The summed E-state index contributed by atoms with van der Waals surface area (Å²) < 4.78 is 0. The van der Waals surface area contributed by atoms with Crippen LogP contribution in [0, 0.1) is 20.8 Å². The number of aromatic carboxylic acids is 1. The Hall–Kier alpha value is -2.41. The number of anilines is 2. The summed E-state index contributed by atoms with van der Waals surface area (Å²) in [6.07, 6.45) is 3.17. The zero-order valence-corrected chi connectivity index (χ0v) is 12.7. The van der Waals surface area contributed by atoms with E-state index in [9.17, 15) is 14.7 Å². The highest BCUT2D eigenvalue weighted by molar-refractivity contribution is 7.16. The number of urea groups is 1. The zero-order chi connectivity index (χ0) is 15.6. The van der Waals surface area contributed by atoms with E-state index in [4.69, 9.17) is 0 Å². The Labute approximate surface area is 125 Å². The molecule has 0 aliphatic heterocycles. The highest BCUT2D eigenvalue weighted by atomic mass is 32.1. The summed E-state index contributed by atoms with van der Waals surface area (Å²) in [6, 6.07) is 1.28. The van der Waals surface area contributed by atoms with Gasteiger partial charge in [0.2, 0.25) is 0 Å². The molecule has 0 spiro atoms. The molecule has 2 rings (SSSR count). The first-order valence-electron chi connectivity index (χ1n) is 6.22. The van der Waals surface area contributed by atoms with E-state index in [0.29, 0.717) is 16.3 Å². The molecule has 21 heavy (non-hydrogen) atoms. The van der Waals surface area contributed by atoms with Crippen LogP contribution in [0.15, 0.2) is 18.5 Å². The lowest BCUT2D eigenvalue weighted by Gasteiger charge is -2.08. The number of hydrogen-bond donors (Lipinski definition) is 3. The number of carbonyl (C=O) groups is 2. The molecule has 0 aromatic carbocycles. The van der Waals surface area contributed by atoms with Crippen molar-refractivity contribution in [2.45, 2.75) is 20.8 Å². The molecule has 110 valence electrons. The van der Waals surface area contributed by atoms with E-state index in [1.165, 1.54) is 17.5 Å². The molecule has 0 radical (unpaired) electrons. The number of aromatic nitrogens is 1. The van der Waals surface area contributed by atoms with E-state index in [1.54, 1.807) is 19.2 Å². The van der Waals surface area contributed by atoms with Crippen LogP contribution >= 0.6 is 11.3 Å². The maximum Gasteiger partial charge on any atom is 0.338 e. The summed E-state index contributed by atoms with van der Waals surface area (Å²) in [5.41, 5.74) is 2.25. The number of pyridine rings is 1. The van der Waals surface area contributed by atoms with E-state index < -0.39 is 12.0 Å². The number of amides is 2. The van der Waals surface area contributed by atoms with Gasteiger partial charge in [-0.2, -0.15) is 0 Å². The zero-order valence-electron chi connectivity index (χ0n) is 11.9. The minimum Gasteiger partial charge on any atom is -0.478 e. The molecule has 0 aliphatic carbocycles. The highest BCUT2D eigenvalue weighted by Gasteiger charge is 2.20. The fourth-order valence-corrected chi connectivity index (χ4v) is 2.87. The number of aryl methyl sites for hydroxylation is 2. The molecule has 6 nitrogen and oxygen atoms in total. The predicted molar refractivity (Wildman–Crippen MR) is 82.4 cm³/mol. The van der Waals surface area contributed by atoms with E-state index in [2.05, 4.69) is 15.6 Å². The molecule has 0 atom stereocenters. The van der Waals surface area contributed by atoms with Gasteiger partial charge in [-0.1, -0.05) is 0 Å². The maximum absolute atomic E-state index is 12.0. The van der Waals surface area contributed by atoms with Gasteiger partial charge >= 0.3 is 12.0 Å². The topological polar surface area (TPSA) is 91.3 Å². The van der Waals surface area contributed by atoms with E-state index in [-0.39, 0.29) is 5.56 Å². The van der Waals surface area contributed by atoms with Crippen LogP contribution < -0.4 is 10.6 Å². The molecule has 0 saturated carbocycles. The number of carbonyl (C=O) groups excluding carboxylic acids is 1. The molecule has 0 unspecified atom stereocenters. The first-order chi connectivity index (χ1) is 9.90. The van der Waals surface area contributed by atoms with Crippen LogP contribution in [-0.2, 0) is 0 Å². The minimum atomic E-state index is -1.05. The number of hydrogen-bond acceptors (Lipinski definition) is 4. The Balaban J connectivity index is 2.19. The number of nitrogens with zero attached hydrogens (tertiary/aromatic N) is 1. The molecule has 0 aliphatic rings. The SMILES string of the molecule is Cc1ccncc1NC(=O)Nc1sc(C)c(C)c1C(=O)O. The number of nitrogens with one attached hydrogen (secondary N) is 2. The molecule has 2 amide bonds. The van der Waals surface area contributed by atoms with Crippen molar-refractivity contribution in [2.75, 3.05) is 10.6 Å². The normalized spacial score (nSPS) is 10.2. The first-order valence-corrected chi connectivity index (χ1v) is 7.03. The molecule has 2 aromatic heterocycles. The van der Waals surface area contributed by atoms with Crippen molar-refractivity contribution in [3.8, 4) is 0 Å². The third-order valence-electron chi connectivity index (χ3n) is 3.11. The van der Waals surface area contributed by atoms with Gasteiger partial charge in [-0.05, 0) is 38.0 Å². The average molecular weight is 305 g/mol. The van der Waals surface area contributed by atoms with Crippen LogP contribution in [-0.4, -0.2) is 22.1 Å². The minimum absolute atomic E-state index is 0.135. The average Bonchev–Trinajstić information content (AvgIpc) is 2.67. The maximum atomic E-state index is 12.0. The van der Waals surface area contributed by atoms with Gasteiger partial charge in [-0.25, -0.2) is 9.59 Å². The number of rotatable bonds is 3. The Morgan fingerprint density at radius 1 is 1.24 bits per heavy atom. The van der Waals surface area contributed by atoms with Crippen LogP contribution in [0.4, 0.5) is 15.5 Å². The summed E-state index contributed by atoms with van der Waals surface area (Å²) in [5.74, 6) is -1.05. The summed E-state index contributed by atoms with van der Waals surface area (Å²) in [5, 5.41) is 14.8. The standard InChI is InChI=1S/C14H15N3O3S/c1-7-4-5-15-6-10(7)16-14(20)17-12-11(13(18)19)8(2)9(3)21-12/h4-6H,1-3H3,(H,18,19)(H2,16,17,20). The van der Waals surface area contributed by atoms with Crippen molar-refractivity contribution in [1.82, 2.24) is 4.98 Å². The fraction of sp³-hybridized carbons (Fsp3) is 0.214. The lowest BCUT2D eigenvalue weighted by Crippen LogP contribution is -2.20. The van der Waals surface area contributed by atoms with Gasteiger partial charge in [0.25, 0.3) is 0 Å². The largest absolute Gasteiger partial charge is 0.478 e. The lowest BCUT2D eigenvalue weighted by molar-refractivity contribution is 0.0697. The summed E-state index contributed by atoms with van der Waals surface area (Å²) in [7, 11) is 0. The van der Waals surface area contributed by atoms with Gasteiger partial charge in [-0.3, -0.25) is 10.3 Å². The highest BCUT2D eigenvalue weighted by Crippen LogP contribution is 2.32. The molecule has 7 heteroatoms. The number of carboxylic acids is 1. The van der Waals surface area contributed by atoms with Crippen molar-refractivity contribution in [3.63, 3.8) is 0 Å². The number of thiophene rings is 1. The van der Waals surface area contributed by atoms with Crippen LogP contribution in [0.2, 0.25) is 0 Å². The van der Waals surface area contributed by atoms with Gasteiger partial charge in [0.1, 0.15) is 5.00 Å². The quantitative estimate of drug-likeness (QED) is 0.810. The molecule has 2 aromatic rings. The van der Waals surface area contributed by atoms with Crippen LogP contribution in [0.3, 0.4) is 0 Å². The van der Waals surface area contributed by atoms with Crippen LogP contribution in [0.5, 0.6) is 0 Å². The molecular formula is C14H15N3O3S. The van der Waals surface area contributed by atoms with E-state index in [1.807, 2.05) is 13.8 Å².